The van der Waals surface area contributed by atoms with E-state index in [1.165, 1.54) is 5.69 Å². The molecule has 0 bridgehead atoms. The fourth-order valence-electron chi connectivity index (χ4n) is 3.46. The van der Waals surface area contributed by atoms with Gasteiger partial charge in [-0.15, -0.1) is 0 Å². The Labute approximate surface area is 174 Å². The Bertz CT molecular complexity index is 803. The highest BCUT2D eigenvalue weighted by atomic mass is 16.7. The van der Waals surface area contributed by atoms with Crippen LogP contribution >= 0.6 is 0 Å². The zero-order chi connectivity index (χ0) is 20.5. The molecule has 0 radical (unpaired) electrons. The van der Waals surface area contributed by atoms with Crippen LogP contribution in [0.4, 0.5) is 5.69 Å². The number of hydrogen-bond acceptors (Lipinski definition) is 3. The zero-order valence-corrected chi connectivity index (χ0v) is 17.5. The van der Waals surface area contributed by atoms with Gasteiger partial charge >= 0.3 is 7.32 Å². The van der Waals surface area contributed by atoms with Gasteiger partial charge in [-0.1, -0.05) is 36.4 Å². The zero-order valence-electron chi connectivity index (χ0n) is 17.5. The van der Waals surface area contributed by atoms with E-state index in [0.717, 1.165) is 24.1 Å². The molecule has 3 aromatic carbocycles. The van der Waals surface area contributed by atoms with Crippen LogP contribution in [0.15, 0.2) is 84.9 Å². The predicted octanol–water partition coefficient (Wildman–Crippen LogP) is 5.58. The Morgan fingerprint density at radius 2 is 0.931 bits per heavy atom. The molecule has 0 saturated heterocycles. The lowest BCUT2D eigenvalue weighted by Gasteiger charge is -2.35. The molecule has 0 saturated carbocycles. The van der Waals surface area contributed by atoms with Crippen molar-refractivity contribution >= 4 is 13.0 Å². The summed E-state index contributed by atoms with van der Waals surface area (Å²) in [6.07, 6.45) is 0. The van der Waals surface area contributed by atoms with Crippen molar-refractivity contribution in [3.05, 3.63) is 84.9 Å². The lowest BCUT2D eigenvalue weighted by atomic mass is 10.1. The van der Waals surface area contributed by atoms with Crippen LogP contribution in [-0.4, -0.2) is 27.0 Å². The first-order chi connectivity index (χ1) is 14.2. The molecule has 0 N–H and O–H groups in total. The van der Waals surface area contributed by atoms with Crippen molar-refractivity contribution in [1.82, 2.24) is 4.48 Å². The van der Waals surface area contributed by atoms with Gasteiger partial charge in [-0.3, -0.25) is 4.48 Å². The van der Waals surface area contributed by atoms with Crippen molar-refractivity contribution in [3.8, 4) is 17.2 Å². The van der Waals surface area contributed by atoms with Gasteiger partial charge in [0.05, 0.1) is 19.6 Å². The molecule has 0 amide bonds. The van der Waals surface area contributed by atoms with Crippen LogP contribution in [-0.2, 0) is 0 Å². The third-order valence-electron chi connectivity index (χ3n) is 5.38. The van der Waals surface area contributed by atoms with Crippen molar-refractivity contribution in [2.24, 2.45) is 0 Å². The molecule has 3 aromatic rings. The van der Waals surface area contributed by atoms with Gasteiger partial charge in [0.25, 0.3) is 0 Å². The monoisotopic (exact) mass is 390 g/mol. The molecule has 29 heavy (non-hydrogen) atoms. The highest BCUT2D eigenvalue weighted by Crippen LogP contribution is 2.26. The second kappa shape index (κ2) is 10.0. The van der Waals surface area contributed by atoms with Crippen LogP contribution in [0.3, 0.4) is 0 Å². The Morgan fingerprint density at radius 1 is 0.552 bits per heavy atom. The smallest absolute Gasteiger partial charge is 0.490 e. The van der Waals surface area contributed by atoms with E-state index in [9.17, 15) is 0 Å². The highest BCUT2D eigenvalue weighted by Gasteiger charge is 2.31. The van der Waals surface area contributed by atoms with E-state index in [4.69, 9.17) is 14.0 Å². The average Bonchev–Trinajstić information content (AvgIpc) is 2.78. The number of rotatable bonds is 10. The molecule has 0 aliphatic carbocycles. The second-order valence-electron chi connectivity index (χ2n) is 6.86. The van der Waals surface area contributed by atoms with Crippen LogP contribution in [0.1, 0.15) is 20.8 Å². The molecule has 0 unspecified atom stereocenters. The van der Waals surface area contributed by atoms with E-state index in [2.05, 4.69) is 32.9 Å². The fourth-order valence-corrected chi connectivity index (χ4v) is 3.46. The maximum absolute atomic E-state index is 6.04. The molecule has 0 heterocycles. The lowest BCUT2D eigenvalue weighted by Crippen LogP contribution is -2.48. The molecular weight excluding hydrogens is 361 g/mol. The minimum Gasteiger partial charge on any atom is -0.490 e. The maximum atomic E-state index is 6.04. The molecule has 0 aliphatic heterocycles. The quantitative estimate of drug-likeness (QED) is 0.334. The number of benzene rings is 3. The summed E-state index contributed by atoms with van der Waals surface area (Å²) < 4.78 is 18.9. The van der Waals surface area contributed by atoms with Crippen molar-refractivity contribution in [1.29, 1.82) is 0 Å². The van der Waals surface area contributed by atoms with Gasteiger partial charge in [-0.25, -0.2) is 0 Å². The van der Waals surface area contributed by atoms with Gasteiger partial charge in [0.15, 0.2) is 0 Å². The summed E-state index contributed by atoms with van der Waals surface area (Å²) in [5, 5.41) is 0. The Balaban J connectivity index is 1.78. The largest absolute Gasteiger partial charge is 0.864 e. The summed E-state index contributed by atoms with van der Waals surface area (Å²) in [6.45, 7) is 9.87. The molecule has 4 nitrogen and oxygen atoms in total. The van der Waals surface area contributed by atoms with E-state index in [0.29, 0.717) is 17.2 Å². The SMILES string of the molecule is CC[N+](CC)(CC)c1ccc(OB(Oc2ccccc2)Oc2ccccc2)cc1. The average molecular weight is 390 g/mol. The Hall–Kier alpha value is -2.92. The number of hydrogen-bond donors (Lipinski definition) is 0. The summed E-state index contributed by atoms with van der Waals surface area (Å²) in [7, 11) is -0.895. The number of nitrogens with zero attached hydrogens (tertiary/aromatic N) is 1. The summed E-state index contributed by atoms with van der Waals surface area (Å²) >= 11 is 0. The normalized spacial score (nSPS) is 11.0. The van der Waals surface area contributed by atoms with Crippen molar-refractivity contribution in [2.75, 3.05) is 19.6 Å². The van der Waals surface area contributed by atoms with E-state index >= 15 is 0 Å². The predicted molar refractivity (Wildman–Crippen MR) is 120 cm³/mol. The molecule has 150 valence electrons. The van der Waals surface area contributed by atoms with Crippen molar-refractivity contribution in [3.63, 3.8) is 0 Å². The van der Waals surface area contributed by atoms with Gasteiger partial charge in [-0.2, -0.15) is 0 Å². The van der Waals surface area contributed by atoms with Crippen LogP contribution in [0, 0.1) is 0 Å². The second-order valence-corrected chi connectivity index (χ2v) is 6.86. The summed E-state index contributed by atoms with van der Waals surface area (Å²) in [6, 6.07) is 27.3. The third kappa shape index (κ3) is 5.33. The Kier molecular flexibility index (Phi) is 7.20. The first-order valence-electron chi connectivity index (χ1n) is 10.3. The minimum absolute atomic E-state index is 0.684. The van der Waals surface area contributed by atoms with E-state index < -0.39 is 7.32 Å². The molecular formula is C24H29BNO3+. The van der Waals surface area contributed by atoms with Gasteiger partial charge in [0.2, 0.25) is 0 Å². The highest BCUT2D eigenvalue weighted by molar-refractivity contribution is 6.39. The van der Waals surface area contributed by atoms with Crippen LogP contribution in [0.5, 0.6) is 17.2 Å². The maximum Gasteiger partial charge on any atom is 0.864 e. The summed E-state index contributed by atoms with van der Waals surface area (Å²) in [5.41, 5.74) is 1.29. The topological polar surface area (TPSA) is 27.7 Å². The first-order valence-corrected chi connectivity index (χ1v) is 10.3. The van der Waals surface area contributed by atoms with Crippen molar-refractivity contribution in [2.45, 2.75) is 20.8 Å². The van der Waals surface area contributed by atoms with Gasteiger partial charge in [-0.05, 0) is 57.2 Å². The number of para-hydroxylation sites is 2. The molecule has 0 spiro atoms. The number of quaternary nitrogens is 1. The van der Waals surface area contributed by atoms with E-state index in [1.807, 2.05) is 72.8 Å². The van der Waals surface area contributed by atoms with Crippen LogP contribution < -0.4 is 18.4 Å². The molecule has 0 aromatic heterocycles. The van der Waals surface area contributed by atoms with Gasteiger partial charge in [0.1, 0.15) is 22.9 Å². The van der Waals surface area contributed by atoms with Gasteiger partial charge < -0.3 is 14.0 Å². The van der Waals surface area contributed by atoms with E-state index in [-0.39, 0.29) is 0 Å². The lowest BCUT2D eigenvalue weighted by molar-refractivity contribution is 0.305. The van der Waals surface area contributed by atoms with Crippen LogP contribution in [0.2, 0.25) is 0 Å². The van der Waals surface area contributed by atoms with Crippen LogP contribution in [0.25, 0.3) is 0 Å². The van der Waals surface area contributed by atoms with E-state index in [1.54, 1.807) is 0 Å². The molecule has 0 atom stereocenters. The minimum atomic E-state index is -0.895. The Morgan fingerprint density at radius 3 is 1.31 bits per heavy atom. The molecule has 5 heteroatoms. The molecule has 0 aliphatic rings. The molecule has 3 rings (SSSR count). The summed E-state index contributed by atoms with van der Waals surface area (Å²) in [4.78, 5) is 0. The third-order valence-corrected chi connectivity index (χ3v) is 5.38. The molecule has 0 fully saturated rings. The first kappa shape index (κ1) is 20.8. The van der Waals surface area contributed by atoms with Crippen molar-refractivity contribution < 1.29 is 14.0 Å². The standard InChI is InChI=1S/C24H29BNO3/c1-4-26(5-2,6-3)21-17-19-24(20-18-21)29-25(27-22-13-9-7-10-14-22)28-23-15-11-8-12-16-23/h7-20H,4-6H2,1-3H3/q+1. The summed E-state index contributed by atoms with van der Waals surface area (Å²) in [5.74, 6) is 2.07. The fraction of sp³-hybridized carbons (Fsp3) is 0.250. The van der Waals surface area contributed by atoms with Gasteiger partial charge in [0, 0.05) is 12.1 Å².